The maximum Gasteiger partial charge on any atom is 0.251 e. The Balaban J connectivity index is 1.52. The Morgan fingerprint density at radius 3 is 2.73 bits per heavy atom. The molecule has 0 saturated carbocycles. The van der Waals surface area contributed by atoms with Gasteiger partial charge in [0, 0.05) is 30.4 Å². The minimum atomic E-state index is -0.0820. The number of likely N-dealkylation sites (tertiary alicyclic amines) is 1. The molecule has 5 heteroatoms. The monoisotopic (exact) mass is 353 g/mol. The zero-order chi connectivity index (χ0) is 18.2. The van der Waals surface area contributed by atoms with Crippen LogP contribution in [0.5, 0.6) is 5.88 Å². The molecule has 138 valence electrons. The van der Waals surface area contributed by atoms with Gasteiger partial charge in [0.15, 0.2) is 0 Å². The van der Waals surface area contributed by atoms with Crippen LogP contribution in [0.15, 0.2) is 48.7 Å². The molecule has 0 aliphatic carbocycles. The highest BCUT2D eigenvalue weighted by Gasteiger charge is 2.16. The Labute approximate surface area is 155 Å². The zero-order valence-electron chi connectivity index (χ0n) is 15.4. The molecule has 1 aromatic carbocycles. The molecule has 0 radical (unpaired) electrons. The second-order valence-corrected chi connectivity index (χ2v) is 6.89. The first-order valence-corrected chi connectivity index (χ1v) is 9.37. The Morgan fingerprint density at radius 2 is 1.96 bits per heavy atom. The summed E-state index contributed by atoms with van der Waals surface area (Å²) < 4.78 is 5.71. The van der Waals surface area contributed by atoms with Gasteiger partial charge in [-0.05, 0) is 44.5 Å². The summed E-state index contributed by atoms with van der Waals surface area (Å²) in [5.74, 6) is 0.381. The van der Waals surface area contributed by atoms with Crippen LogP contribution in [0, 0.1) is 0 Å². The quantitative estimate of drug-likeness (QED) is 0.830. The second-order valence-electron chi connectivity index (χ2n) is 6.89. The van der Waals surface area contributed by atoms with E-state index in [1.807, 2.05) is 30.3 Å². The van der Waals surface area contributed by atoms with Crippen LogP contribution in [0.25, 0.3) is 0 Å². The van der Waals surface area contributed by atoms with Gasteiger partial charge in [-0.3, -0.25) is 4.79 Å². The summed E-state index contributed by atoms with van der Waals surface area (Å²) in [6.07, 6.45) is 5.45. The lowest BCUT2D eigenvalue weighted by Crippen LogP contribution is -2.43. The van der Waals surface area contributed by atoms with Crippen LogP contribution in [0.1, 0.15) is 42.1 Å². The van der Waals surface area contributed by atoms with E-state index in [-0.39, 0.29) is 11.9 Å². The maximum atomic E-state index is 12.5. The van der Waals surface area contributed by atoms with E-state index in [0.717, 1.165) is 25.2 Å². The van der Waals surface area contributed by atoms with E-state index in [2.05, 4.69) is 22.1 Å². The molecule has 1 fully saturated rings. The van der Waals surface area contributed by atoms with Crippen molar-refractivity contribution in [2.75, 3.05) is 19.6 Å². The Morgan fingerprint density at radius 1 is 1.19 bits per heavy atom. The van der Waals surface area contributed by atoms with E-state index in [9.17, 15) is 4.79 Å². The largest absolute Gasteiger partial charge is 0.473 e. The molecule has 1 aromatic heterocycles. The molecule has 1 atom stereocenters. The number of carbonyl (C=O) groups excluding carboxylic acids is 1. The van der Waals surface area contributed by atoms with Gasteiger partial charge >= 0.3 is 0 Å². The molecular weight excluding hydrogens is 326 g/mol. The lowest BCUT2D eigenvalue weighted by molar-refractivity contribution is 0.0925. The molecule has 3 rings (SSSR count). The van der Waals surface area contributed by atoms with Crippen molar-refractivity contribution in [1.82, 2.24) is 15.2 Å². The molecular formula is C21H27N3O2. The third-order valence-electron chi connectivity index (χ3n) is 4.58. The number of nitrogens with one attached hydrogen (secondary N) is 1. The van der Waals surface area contributed by atoms with Crippen LogP contribution in [0.4, 0.5) is 0 Å². The highest BCUT2D eigenvalue weighted by Crippen LogP contribution is 2.13. The third kappa shape index (κ3) is 5.56. The summed E-state index contributed by atoms with van der Waals surface area (Å²) in [6, 6.07) is 13.4. The minimum Gasteiger partial charge on any atom is -0.473 e. The average molecular weight is 353 g/mol. The van der Waals surface area contributed by atoms with Gasteiger partial charge in [-0.15, -0.1) is 0 Å². The summed E-state index contributed by atoms with van der Waals surface area (Å²) in [6.45, 7) is 5.65. The molecule has 2 aromatic rings. The molecule has 1 unspecified atom stereocenters. The van der Waals surface area contributed by atoms with E-state index in [1.54, 1.807) is 18.3 Å². The minimum absolute atomic E-state index is 0.0820. The molecule has 0 spiro atoms. The Bertz CT molecular complexity index is 699. The smallest absolute Gasteiger partial charge is 0.251 e. The molecule has 1 aliphatic rings. The molecule has 0 bridgehead atoms. The fourth-order valence-corrected chi connectivity index (χ4v) is 3.24. The maximum absolute atomic E-state index is 12.5. The number of ether oxygens (including phenoxy) is 1. The van der Waals surface area contributed by atoms with Crippen LogP contribution >= 0.6 is 0 Å². The first-order valence-electron chi connectivity index (χ1n) is 9.37. The summed E-state index contributed by atoms with van der Waals surface area (Å²) in [4.78, 5) is 19.1. The van der Waals surface area contributed by atoms with E-state index in [0.29, 0.717) is 18.1 Å². The molecule has 1 saturated heterocycles. The van der Waals surface area contributed by atoms with Gasteiger partial charge in [0.1, 0.15) is 6.61 Å². The van der Waals surface area contributed by atoms with Gasteiger partial charge in [-0.1, -0.05) is 36.8 Å². The van der Waals surface area contributed by atoms with Crippen LogP contribution < -0.4 is 10.1 Å². The zero-order valence-corrected chi connectivity index (χ0v) is 15.4. The number of pyridine rings is 1. The SMILES string of the molecule is CC(CN1CCCCC1)NC(=O)c1ccnc(OCc2ccccc2)c1. The van der Waals surface area contributed by atoms with Crippen LogP contribution in [-0.4, -0.2) is 41.5 Å². The third-order valence-corrected chi connectivity index (χ3v) is 4.58. The van der Waals surface area contributed by atoms with Gasteiger partial charge < -0.3 is 15.0 Å². The average Bonchev–Trinajstić information content (AvgIpc) is 2.68. The van der Waals surface area contributed by atoms with Crippen molar-refractivity contribution in [3.8, 4) is 5.88 Å². The summed E-state index contributed by atoms with van der Waals surface area (Å²) >= 11 is 0. The first-order chi connectivity index (χ1) is 12.7. The number of aromatic nitrogens is 1. The normalized spacial score (nSPS) is 16.0. The Kier molecular flexibility index (Phi) is 6.61. The molecule has 2 heterocycles. The van der Waals surface area contributed by atoms with Crippen molar-refractivity contribution in [2.45, 2.75) is 38.8 Å². The molecule has 26 heavy (non-hydrogen) atoms. The van der Waals surface area contributed by atoms with Crippen LogP contribution in [-0.2, 0) is 6.61 Å². The number of piperidine rings is 1. The van der Waals surface area contributed by atoms with E-state index >= 15 is 0 Å². The first kappa shape index (κ1) is 18.4. The van der Waals surface area contributed by atoms with E-state index < -0.39 is 0 Å². The van der Waals surface area contributed by atoms with Crippen molar-refractivity contribution >= 4 is 5.91 Å². The van der Waals surface area contributed by atoms with Crippen molar-refractivity contribution in [2.24, 2.45) is 0 Å². The van der Waals surface area contributed by atoms with Crippen molar-refractivity contribution in [1.29, 1.82) is 0 Å². The number of rotatable bonds is 7. The number of amides is 1. The van der Waals surface area contributed by atoms with Gasteiger partial charge in [-0.2, -0.15) is 0 Å². The predicted octanol–water partition coefficient (Wildman–Crippen LogP) is 3.26. The fourth-order valence-electron chi connectivity index (χ4n) is 3.24. The topological polar surface area (TPSA) is 54.5 Å². The number of hydrogen-bond acceptors (Lipinski definition) is 4. The molecule has 5 nitrogen and oxygen atoms in total. The number of hydrogen-bond donors (Lipinski definition) is 1. The summed E-state index contributed by atoms with van der Waals surface area (Å²) in [7, 11) is 0. The lowest BCUT2D eigenvalue weighted by atomic mass is 10.1. The standard InChI is InChI=1S/C21H27N3O2/c1-17(15-24-12-6-3-7-13-24)23-21(25)19-10-11-22-20(14-19)26-16-18-8-4-2-5-9-18/h2,4-5,8-11,14,17H,3,6-7,12-13,15-16H2,1H3,(H,23,25). The fraction of sp³-hybridized carbons (Fsp3) is 0.429. The number of nitrogens with zero attached hydrogens (tertiary/aromatic N) is 2. The molecule has 1 amide bonds. The number of benzene rings is 1. The van der Waals surface area contributed by atoms with Gasteiger partial charge in [0.05, 0.1) is 0 Å². The number of carbonyl (C=O) groups is 1. The van der Waals surface area contributed by atoms with E-state index in [4.69, 9.17) is 4.74 Å². The molecule has 1 aliphatic heterocycles. The van der Waals surface area contributed by atoms with Crippen molar-refractivity contribution in [3.05, 3.63) is 59.8 Å². The van der Waals surface area contributed by atoms with Gasteiger partial charge in [-0.25, -0.2) is 4.98 Å². The van der Waals surface area contributed by atoms with Gasteiger partial charge in [0.2, 0.25) is 5.88 Å². The lowest BCUT2D eigenvalue weighted by Gasteiger charge is -2.29. The predicted molar refractivity (Wildman–Crippen MR) is 102 cm³/mol. The highest BCUT2D eigenvalue weighted by atomic mass is 16.5. The summed E-state index contributed by atoms with van der Waals surface area (Å²) in [5.41, 5.74) is 1.65. The highest BCUT2D eigenvalue weighted by molar-refractivity contribution is 5.94. The van der Waals surface area contributed by atoms with Crippen molar-refractivity contribution in [3.63, 3.8) is 0 Å². The second kappa shape index (κ2) is 9.34. The Hall–Kier alpha value is -2.40. The van der Waals surface area contributed by atoms with Crippen LogP contribution in [0.2, 0.25) is 0 Å². The van der Waals surface area contributed by atoms with Crippen LogP contribution in [0.3, 0.4) is 0 Å². The van der Waals surface area contributed by atoms with Gasteiger partial charge in [0.25, 0.3) is 5.91 Å². The van der Waals surface area contributed by atoms with E-state index in [1.165, 1.54) is 19.3 Å². The summed E-state index contributed by atoms with van der Waals surface area (Å²) in [5, 5.41) is 3.08. The molecule has 1 N–H and O–H groups in total. The van der Waals surface area contributed by atoms with Crippen molar-refractivity contribution < 1.29 is 9.53 Å².